The van der Waals surface area contributed by atoms with Gasteiger partial charge in [-0.15, -0.1) is 0 Å². The van der Waals surface area contributed by atoms with Gasteiger partial charge in [0.15, 0.2) is 18.1 Å². The minimum absolute atomic E-state index is 0.123. The van der Waals surface area contributed by atoms with Crippen LogP contribution in [0.2, 0.25) is 0 Å². The monoisotopic (exact) mass is 474 g/mol. The number of methoxy groups -OCH3 is 1. The Morgan fingerprint density at radius 1 is 1.20 bits per heavy atom. The third-order valence-electron chi connectivity index (χ3n) is 4.10. The maximum absolute atomic E-state index is 12.7. The largest absolute Gasteiger partial charge is 0.493 e. The van der Waals surface area contributed by atoms with Crippen LogP contribution in [0.15, 0.2) is 52.6 Å². The summed E-state index contributed by atoms with van der Waals surface area (Å²) in [5.41, 5.74) is 1.18. The number of carbonyl (C=O) groups excluding carboxylic acids is 3. The molecule has 30 heavy (non-hydrogen) atoms. The number of carbonyl (C=O) groups is 3. The molecule has 3 amide bonds. The number of hydrogen-bond donors (Lipinski definition) is 1. The van der Waals surface area contributed by atoms with Crippen LogP contribution in [0.4, 0.5) is 10.5 Å². The molecular weight excluding hydrogens is 456 g/mol. The Kier molecular flexibility index (Phi) is 6.73. The number of urea groups is 1. The summed E-state index contributed by atoms with van der Waals surface area (Å²) in [4.78, 5) is 37.6. The van der Waals surface area contributed by atoms with Crippen molar-refractivity contribution in [2.75, 3.05) is 25.2 Å². The van der Waals surface area contributed by atoms with Gasteiger partial charge in [-0.2, -0.15) is 0 Å². The first-order valence-electron chi connectivity index (χ1n) is 9.02. The third-order valence-corrected chi connectivity index (χ3v) is 4.68. The predicted molar refractivity (Wildman–Crippen MR) is 113 cm³/mol. The first-order chi connectivity index (χ1) is 14.4. The van der Waals surface area contributed by atoms with Crippen molar-refractivity contribution < 1.29 is 28.6 Å². The average Bonchev–Trinajstić information content (AvgIpc) is 3.00. The summed E-state index contributed by atoms with van der Waals surface area (Å²) < 4.78 is 16.2. The molecule has 0 saturated carbocycles. The van der Waals surface area contributed by atoms with Crippen LogP contribution in [-0.4, -0.2) is 38.2 Å². The van der Waals surface area contributed by atoms with Gasteiger partial charge in [0, 0.05) is 0 Å². The van der Waals surface area contributed by atoms with Gasteiger partial charge >= 0.3 is 12.0 Å². The summed E-state index contributed by atoms with van der Waals surface area (Å²) in [5.74, 6) is -0.306. The number of imide groups is 1. The second kappa shape index (κ2) is 9.45. The van der Waals surface area contributed by atoms with Gasteiger partial charge in [0.25, 0.3) is 5.91 Å². The standard InChI is InChI=1S/C21H19BrN2O6/c1-3-29-18(25)12-30-19-15(22)9-13(11-17(19)28-2)10-16-20(26)24(21(27)23-16)14-7-5-4-6-8-14/h4-11H,3,12H2,1-2H3,(H,23,27)/b16-10+. The fraction of sp³-hybridized carbons (Fsp3) is 0.190. The number of rotatable bonds is 7. The van der Waals surface area contributed by atoms with E-state index in [4.69, 9.17) is 14.2 Å². The first kappa shape index (κ1) is 21.4. The minimum Gasteiger partial charge on any atom is -0.493 e. The number of hydrogen-bond acceptors (Lipinski definition) is 6. The van der Waals surface area contributed by atoms with Crippen molar-refractivity contribution in [1.82, 2.24) is 5.32 Å². The molecule has 1 saturated heterocycles. The number of para-hydroxylation sites is 1. The van der Waals surface area contributed by atoms with Gasteiger partial charge in [0.05, 0.1) is 23.9 Å². The quantitative estimate of drug-likeness (QED) is 0.375. The first-order valence-corrected chi connectivity index (χ1v) is 9.82. The minimum atomic E-state index is -0.530. The summed E-state index contributed by atoms with van der Waals surface area (Å²) in [7, 11) is 1.45. The van der Waals surface area contributed by atoms with E-state index < -0.39 is 17.9 Å². The number of nitrogens with one attached hydrogen (secondary N) is 1. The van der Waals surface area contributed by atoms with Gasteiger partial charge in [-0.25, -0.2) is 14.5 Å². The SMILES string of the molecule is CCOC(=O)COc1c(Br)cc(/C=C2/NC(=O)N(c3ccccc3)C2=O)cc1OC. The molecule has 156 valence electrons. The lowest BCUT2D eigenvalue weighted by Gasteiger charge is -2.13. The molecule has 9 heteroatoms. The van der Waals surface area contributed by atoms with Gasteiger partial charge in [0.2, 0.25) is 0 Å². The predicted octanol–water partition coefficient (Wildman–Crippen LogP) is 3.50. The van der Waals surface area contributed by atoms with Crippen molar-refractivity contribution in [3.8, 4) is 11.5 Å². The molecule has 2 aromatic carbocycles. The molecule has 2 aromatic rings. The van der Waals surface area contributed by atoms with Gasteiger partial charge in [-0.3, -0.25) is 4.79 Å². The summed E-state index contributed by atoms with van der Waals surface area (Å²) in [6.07, 6.45) is 1.53. The fourth-order valence-electron chi connectivity index (χ4n) is 2.81. The zero-order valence-corrected chi connectivity index (χ0v) is 17.9. The van der Waals surface area contributed by atoms with Crippen LogP contribution < -0.4 is 19.7 Å². The highest BCUT2D eigenvalue weighted by molar-refractivity contribution is 9.10. The molecule has 0 radical (unpaired) electrons. The van der Waals surface area contributed by atoms with Crippen LogP contribution in [0.25, 0.3) is 6.08 Å². The van der Waals surface area contributed by atoms with Crippen LogP contribution >= 0.6 is 15.9 Å². The van der Waals surface area contributed by atoms with Crippen LogP contribution in [0.5, 0.6) is 11.5 Å². The molecule has 1 fully saturated rings. The molecule has 1 heterocycles. The molecule has 3 rings (SSSR count). The van der Waals surface area contributed by atoms with E-state index in [0.717, 1.165) is 4.90 Å². The molecule has 0 unspecified atom stereocenters. The van der Waals surface area contributed by atoms with E-state index >= 15 is 0 Å². The Morgan fingerprint density at radius 3 is 2.60 bits per heavy atom. The topological polar surface area (TPSA) is 94.2 Å². The summed E-state index contributed by atoms with van der Waals surface area (Å²) >= 11 is 3.38. The number of nitrogens with zero attached hydrogens (tertiary/aromatic N) is 1. The van der Waals surface area contributed by atoms with E-state index in [1.165, 1.54) is 13.2 Å². The second-order valence-corrected chi connectivity index (χ2v) is 6.95. The highest BCUT2D eigenvalue weighted by Crippen LogP contribution is 2.37. The van der Waals surface area contributed by atoms with Crippen molar-refractivity contribution in [2.24, 2.45) is 0 Å². The maximum Gasteiger partial charge on any atom is 0.344 e. The van der Waals surface area contributed by atoms with Crippen LogP contribution in [0, 0.1) is 0 Å². The van der Waals surface area contributed by atoms with E-state index in [-0.39, 0.29) is 18.9 Å². The number of amides is 3. The molecule has 0 bridgehead atoms. The number of esters is 1. The molecule has 1 N–H and O–H groups in total. The van der Waals surface area contributed by atoms with Crippen molar-refractivity contribution >= 4 is 45.6 Å². The van der Waals surface area contributed by atoms with E-state index in [9.17, 15) is 14.4 Å². The number of benzene rings is 2. The molecule has 0 spiro atoms. The van der Waals surface area contributed by atoms with Crippen molar-refractivity contribution in [3.63, 3.8) is 0 Å². The summed E-state index contributed by atoms with van der Waals surface area (Å²) in [6, 6.07) is 11.4. The third kappa shape index (κ3) is 4.62. The fourth-order valence-corrected chi connectivity index (χ4v) is 3.38. The molecular formula is C21H19BrN2O6. The Morgan fingerprint density at radius 2 is 1.93 bits per heavy atom. The normalized spacial score (nSPS) is 14.6. The van der Waals surface area contributed by atoms with Crippen molar-refractivity contribution in [1.29, 1.82) is 0 Å². The maximum atomic E-state index is 12.7. The lowest BCUT2D eigenvalue weighted by atomic mass is 10.1. The average molecular weight is 475 g/mol. The summed E-state index contributed by atoms with van der Waals surface area (Å²) in [5, 5.41) is 2.58. The number of anilines is 1. The van der Waals surface area contributed by atoms with E-state index in [0.29, 0.717) is 27.2 Å². The molecule has 8 nitrogen and oxygen atoms in total. The van der Waals surface area contributed by atoms with Crippen molar-refractivity contribution in [2.45, 2.75) is 6.92 Å². The summed E-state index contributed by atoms with van der Waals surface area (Å²) in [6.45, 7) is 1.69. The molecule has 0 aliphatic carbocycles. The van der Waals surface area contributed by atoms with Gasteiger partial charge < -0.3 is 19.5 Å². The van der Waals surface area contributed by atoms with Gasteiger partial charge in [-0.05, 0) is 58.8 Å². The Balaban J connectivity index is 1.85. The lowest BCUT2D eigenvalue weighted by molar-refractivity contribution is -0.145. The van der Waals surface area contributed by atoms with E-state index in [1.54, 1.807) is 49.4 Å². The zero-order chi connectivity index (χ0) is 21.7. The van der Waals surface area contributed by atoms with Crippen LogP contribution in [0.1, 0.15) is 12.5 Å². The van der Waals surface area contributed by atoms with E-state index in [1.807, 2.05) is 0 Å². The number of ether oxygens (including phenoxy) is 3. The van der Waals surface area contributed by atoms with Gasteiger partial charge in [-0.1, -0.05) is 18.2 Å². The van der Waals surface area contributed by atoms with Crippen LogP contribution in [-0.2, 0) is 14.3 Å². The zero-order valence-electron chi connectivity index (χ0n) is 16.3. The second-order valence-electron chi connectivity index (χ2n) is 6.09. The Bertz CT molecular complexity index is 1010. The Hall–Kier alpha value is -3.33. The van der Waals surface area contributed by atoms with E-state index in [2.05, 4.69) is 21.2 Å². The Labute approximate surface area is 181 Å². The van der Waals surface area contributed by atoms with Gasteiger partial charge in [0.1, 0.15) is 5.70 Å². The molecule has 1 aliphatic heterocycles. The molecule has 0 atom stereocenters. The molecule has 1 aliphatic rings. The van der Waals surface area contributed by atoms with Crippen LogP contribution in [0.3, 0.4) is 0 Å². The highest BCUT2D eigenvalue weighted by atomic mass is 79.9. The number of halogens is 1. The smallest absolute Gasteiger partial charge is 0.344 e. The lowest BCUT2D eigenvalue weighted by Crippen LogP contribution is -2.30. The molecule has 0 aromatic heterocycles. The highest BCUT2D eigenvalue weighted by Gasteiger charge is 2.34. The van der Waals surface area contributed by atoms with Crippen molar-refractivity contribution in [3.05, 3.63) is 58.2 Å².